The summed E-state index contributed by atoms with van der Waals surface area (Å²) in [6.07, 6.45) is 9.00. The average molecular weight is 327 g/mol. The first-order valence-electron chi connectivity index (χ1n) is 8.79. The van der Waals surface area contributed by atoms with Crippen molar-refractivity contribution >= 4 is 16.9 Å². The van der Waals surface area contributed by atoms with E-state index in [0.29, 0.717) is 11.8 Å². The number of halogens is 1. The summed E-state index contributed by atoms with van der Waals surface area (Å²) in [6.45, 7) is 1.57. The number of benzene rings is 1. The first-order chi connectivity index (χ1) is 11.7. The summed E-state index contributed by atoms with van der Waals surface area (Å²) >= 11 is 0. The van der Waals surface area contributed by atoms with Gasteiger partial charge in [0.25, 0.3) is 0 Å². The third kappa shape index (κ3) is 2.95. The van der Waals surface area contributed by atoms with Crippen LogP contribution in [0.15, 0.2) is 30.4 Å². The minimum absolute atomic E-state index is 0.167. The van der Waals surface area contributed by atoms with Crippen LogP contribution < -0.4 is 0 Å². The van der Waals surface area contributed by atoms with Gasteiger partial charge in [-0.15, -0.1) is 0 Å². The molecule has 2 aliphatic rings. The number of hydrogen-bond donors (Lipinski definition) is 1. The molecule has 0 saturated carbocycles. The summed E-state index contributed by atoms with van der Waals surface area (Å²) in [5.74, 6) is 1.46. The molecule has 126 valence electrons. The lowest BCUT2D eigenvalue weighted by Crippen LogP contribution is -2.41. The van der Waals surface area contributed by atoms with E-state index in [1.54, 1.807) is 6.07 Å². The van der Waals surface area contributed by atoms with E-state index < -0.39 is 0 Å². The van der Waals surface area contributed by atoms with Gasteiger partial charge in [-0.25, -0.2) is 9.37 Å². The molecule has 2 heterocycles. The smallest absolute Gasteiger partial charge is 0.226 e. The van der Waals surface area contributed by atoms with E-state index >= 15 is 0 Å². The Morgan fingerprint density at radius 1 is 1.21 bits per heavy atom. The Morgan fingerprint density at radius 2 is 2.04 bits per heavy atom. The van der Waals surface area contributed by atoms with Crippen LogP contribution in [-0.4, -0.2) is 33.9 Å². The van der Waals surface area contributed by atoms with Crippen molar-refractivity contribution < 1.29 is 9.18 Å². The molecule has 1 atom stereocenters. The van der Waals surface area contributed by atoms with Crippen molar-refractivity contribution in [2.45, 2.75) is 38.0 Å². The molecule has 0 bridgehead atoms. The van der Waals surface area contributed by atoms with Crippen LogP contribution in [0.3, 0.4) is 0 Å². The number of H-pyrrole nitrogens is 1. The summed E-state index contributed by atoms with van der Waals surface area (Å²) in [6, 6.07) is 4.63. The van der Waals surface area contributed by atoms with Crippen LogP contribution in [0.2, 0.25) is 0 Å². The fourth-order valence-electron chi connectivity index (χ4n) is 3.84. The Kier molecular flexibility index (Phi) is 4.08. The lowest BCUT2D eigenvalue weighted by atomic mass is 9.90. The zero-order valence-corrected chi connectivity index (χ0v) is 13.7. The van der Waals surface area contributed by atoms with Gasteiger partial charge in [0.15, 0.2) is 0 Å². The molecule has 0 unspecified atom stereocenters. The van der Waals surface area contributed by atoms with Crippen LogP contribution in [0.25, 0.3) is 11.0 Å². The quantitative estimate of drug-likeness (QED) is 0.854. The van der Waals surface area contributed by atoms with E-state index in [0.717, 1.165) is 62.1 Å². The Balaban J connectivity index is 1.41. The van der Waals surface area contributed by atoms with E-state index in [1.165, 1.54) is 12.1 Å². The molecule has 2 aromatic rings. The second-order valence-corrected chi connectivity index (χ2v) is 6.86. The molecule has 1 aliphatic heterocycles. The summed E-state index contributed by atoms with van der Waals surface area (Å²) in [7, 11) is 0. The second kappa shape index (κ2) is 6.38. The lowest BCUT2D eigenvalue weighted by Gasteiger charge is -2.34. The standard InChI is InChI=1S/C19H22FN3O/c20-15-6-7-16-17(12-15)22-18(21-16)13-8-10-23(11-9-13)19(24)14-4-2-1-3-5-14/h1-2,6-7,12-14H,3-5,8-11H2,(H,21,22)/t14-/m0/s1. The van der Waals surface area contributed by atoms with Crippen LogP contribution in [-0.2, 0) is 4.79 Å². The van der Waals surface area contributed by atoms with Crippen molar-refractivity contribution in [2.24, 2.45) is 5.92 Å². The predicted octanol–water partition coefficient (Wildman–Crippen LogP) is 3.76. The molecule has 1 aliphatic carbocycles. The number of allylic oxidation sites excluding steroid dienone is 2. The highest BCUT2D eigenvalue weighted by Crippen LogP contribution is 2.30. The molecule has 1 aromatic heterocycles. The average Bonchev–Trinajstić information content (AvgIpc) is 3.05. The maximum Gasteiger partial charge on any atom is 0.226 e. The van der Waals surface area contributed by atoms with Gasteiger partial charge in [-0.3, -0.25) is 4.79 Å². The van der Waals surface area contributed by atoms with E-state index in [2.05, 4.69) is 22.1 Å². The minimum Gasteiger partial charge on any atom is -0.342 e. The summed E-state index contributed by atoms with van der Waals surface area (Å²) in [5, 5.41) is 0. The van der Waals surface area contributed by atoms with Gasteiger partial charge in [-0.2, -0.15) is 0 Å². The number of nitrogens with one attached hydrogen (secondary N) is 1. The molecule has 1 aromatic carbocycles. The van der Waals surface area contributed by atoms with E-state index in [9.17, 15) is 9.18 Å². The van der Waals surface area contributed by atoms with Gasteiger partial charge in [-0.1, -0.05) is 12.2 Å². The lowest BCUT2D eigenvalue weighted by molar-refractivity contribution is -0.136. The number of nitrogens with zero attached hydrogens (tertiary/aromatic N) is 2. The van der Waals surface area contributed by atoms with E-state index in [1.807, 2.05) is 4.90 Å². The van der Waals surface area contributed by atoms with Crippen molar-refractivity contribution in [3.8, 4) is 0 Å². The summed E-state index contributed by atoms with van der Waals surface area (Å²) in [4.78, 5) is 22.5. The normalized spacial score (nSPS) is 22.2. The van der Waals surface area contributed by atoms with Gasteiger partial charge in [0, 0.05) is 24.9 Å². The van der Waals surface area contributed by atoms with Crippen LogP contribution in [0.1, 0.15) is 43.8 Å². The highest BCUT2D eigenvalue weighted by molar-refractivity contribution is 5.79. The fraction of sp³-hybridized carbons (Fsp3) is 0.474. The molecule has 0 spiro atoms. The SMILES string of the molecule is O=C([C@H]1CC=CCC1)N1CCC(c2nc3ccc(F)cc3[nH]2)CC1. The van der Waals surface area contributed by atoms with Crippen LogP contribution in [0, 0.1) is 11.7 Å². The maximum absolute atomic E-state index is 13.3. The number of carbonyl (C=O) groups is 1. The topological polar surface area (TPSA) is 49.0 Å². The third-order valence-corrected chi connectivity index (χ3v) is 5.27. The minimum atomic E-state index is -0.250. The number of aromatic nitrogens is 2. The summed E-state index contributed by atoms with van der Waals surface area (Å²) in [5.41, 5.74) is 1.55. The van der Waals surface area contributed by atoms with Gasteiger partial charge in [0.1, 0.15) is 11.6 Å². The van der Waals surface area contributed by atoms with Gasteiger partial charge in [0.05, 0.1) is 11.0 Å². The number of aromatic amines is 1. The zero-order valence-electron chi connectivity index (χ0n) is 13.7. The molecular weight excluding hydrogens is 305 g/mol. The van der Waals surface area contributed by atoms with Crippen LogP contribution in [0.5, 0.6) is 0 Å². The van der Waals surface area contributed by atoms with Crippen molar-refractivity contribution in [1.82, 2.24) is 14.9 Å². The van der Waals surface area contributed by atoms with Crippen molar-refractivity contribution in [2.75, 3.05) is 13.1 Å². The molecular formula is C19H22FN3O. The molecule has 4 rings (SSSR count). The van der Waals surface area contributed by atoms with Crippen LogP contribution >= 0.6 is 0 Å². The fourth-order valence-corrected chi connectivity index (χ4v) is 3.84. The van der Waals surface area contributed by atoms with E-state index in [4.69, 9.17) is 0 Å². The predicted molar refractivity (Wildman–Crippen MR) is 91.1 cm³/mol. The highest BCUT2D eigenvalue weighted by atomic mass is 19.1. The van der Waals surface area contributed by atoms with Gasteiger partial charge < -0.3 is 9.88 Å². The number of piperidine rings is 1. The number of rotatable bonds is 2. The largest absolute Gasteiger partial charge is 0.342 e. The van der Waals surface area contributed by atoms with Gasteiger partial charge >= 0.3 is 0 Å². The van der Waals surface area contributed by atoms with Crippen molar-refractivity contribution in [3.05, 3.63) is 42.0 Å². The molecule has 1 N–H and O–H groups in total. The van der Waals surface area contributed by atoms with Gasteiger partial charge in [0.2, 0.25) is 5.91 Å². The number of carbonyl (C=O) groups excluding carboxylic acids is 1. The number of hydrogen-bond acceptors (Lipinski definition) is 2. The Hall–Kier alpha value is -2.17. The Labute approximate surface area is 140 Å². The Morgan fingerprint density at radius 3 is 2.79 bits per heavy atom. The molecule has 5 heteroatoms. The number of amides is 1. The van der Waals surface area contributed by atoms with Crippen LogP contribution in [0.4, 0.5) is 4.39 Å². The summed E-state index contributed by atoms with van der Waals surface area (Å²) < 4.78 is 13.3. The van der Waals surface area contributed by atoms with E-state index in [-0.39, 0.29) is 11.7 Å². The maximum atomic E-state index is 13.3. The highest BCUT2D eigenvalue weighted by Gasteiger charge is 2.29. The molecule has 1 amide bonds. The molecule has 4 nitrogen and oxygen atoms in total. The molecule has 1 fully saturated rings. The number of likely N-dealkylation sites (tertiary alicyclic amines) is 1. The van der Waals surface area contributed by atoms with Crippen molar-refractivity contribution in [1.29, 1.82) is 0 Å². The zero-order chi connectivity index (χ0) is 16.5. The van der Waals surface area contributed by atoms with Gasteiger partial charge in [-0.05, 0) is 50.3 Å². The second-order valence-electron chi connectivity index (χ2n) is 6.86. The molecule has 24 heavy (non-hydrogen) atoms. The van der Waals surface area contributed by atoms with Crippen molar-refractivity contribution in [3.63, 3.8) is 0 Å². The monoisotopic (exact) mass is 327 g/mol. The first-order valence-corrected chi connectivity index (χ1v) is 8.79. The molecule has 0 radical (unpaired) electrons. The number of imidazole rings is 1. The first kappa shape index (κ1) is 15.4. The number of fused-ring (bicyclic) bond motifs is 1. The third-order valence-electron chi connectivity index (χ3n) is 5.27. The molecule has 1 saturated heterocycles. The Bertz CT molecular complexity index is 774.